The highest BCUT2D eigenvalue weighted by Crippen LogP contribution is 2.20. The minimum Gasteiger partial charge on any atom is -0.464 e. The first-order valence-electron chi connectivity index (χ1n) is 7.78. The van der Waals surface area contributed by atoms with Gasteiger partial charge in [-0.05, 0) is 11.1 Å². The summed E-state index contributed by atoms with van der Waals surface area (Å²) in [6.45, 7) is 0.304. The van der Waals surface area contributed by atoms with Crippen LogP contribution in [-0.4, -0.2) is 30.3 Å². The van der Waals surface area contributed by atoms with E-state index in [-0.39, 0.29) is 31.8 Å². The Kier molecular flexibility index (Phi) is 6.97. The lowest BCUT2D eigenvalue weighted by Crippen LogP contribution is -2.22. The van der Waals surface area contributed by atoms with Gasteiger partial charge in [0.05, 0.1) is 11.8 Å². The summed E-state index contributed by atoms with van der Waals surface area (Å²) in [5, 5.41) is -0.393. The highest BCUT2D eigenvalue weighted by Gasteiger charge is 2.12. The van der Waals surface area contributed by atoms with Gasteiger partial charge in [-0.1, -0.05) is 54.6 Å². The van der Waals surface area contributed by atoms with E-state index >= 15 is 0 Å². The number of benzene rings is 2. The van der Waals surface area contributed by atoms with Crippen molar-refractivity contribution in [3.05, 3.63) is 60.2 Å². The normalized spacial score (nSPS) is 11.8. The number of Topliss-reactive ketones (excluding diaryl/α,β-unsaturated/α-hetero) is 1. The molecule has 0 aliphatic carbocycles. The Balaban J connectivity index is 1.86. The maximum atomic E-state index is 12.1. The molecule has 24 heavy (non-hydrogen) atoms. The lowest BCUT2D eigenvalue weighted by molar-refractivity contribution is -0.143. The summed E-state index contributed by atoms with van der Waals surface area (Å²) in [7, 11) is 0. The number of nitrogens with two attached hydrogens (primary N) is 1. The second-order valence-corrected chi connectivity index (χ2v) is 6.00. The van der Waals surface area contributed by atoms with Crippen LogP contribution in [0.15, 0.2) is 54.6 Å². The van der Waals surface area contributed by atoms with Crippen LogP contribution in [0.5, 0.6) is 0 Å². The van der Waals surface area contributed by atoms with Gasteiger partial charge in [-0.15, -0.1) is 11.6 Å². The van der Waals surface area contributed by atoms with Crippen molar-refractivity contribution in [2.24, 2.45) is 5.73 Å². The lowest BCUT2D eigenvalue weighted by atomic mass is 10.0. The summed E-state index contributed by atoms with van der Waals surface area (Å²) in [4.78, 5) is 23.7. The Morgan fingerprint density at radius 2 is 1.58 bits per heavy atom. The summed E-state index contributed by atoms with van der Waals surface area (Å²) in [5.41, 5.74) is 8.05. The molecule has 0 spiro atoms. The SMILES string of the molecule is NCC(Cl)COC(=O)CCC(=O)c1ccc(-c2ccccc2)cc1. The number of carbonyl (C=O) groups is 2. The molecule has 0 aliphatic heterocycles. The molecule has 0 radical (unpaired) electrons. The zero-order chi connectivity index (χ0) is 17.4. The molecule has 1 unspecified atom stereocenters. The molecule has 4 nitrogen and oxygen atoms in total. The van der Waals surface area contributed by atoms with Gasteiger partial charge in [-0.3, -0.25) is 9.59 Å². The quantitative estimate of drug-likeness (QED) is 0.452. The molecular formula is C19H20ClNO3. The van der Waals surface area contributed by atoms with Crippen molar-refractivity contribution in [3.8, 4) is 11.1 Å². The van der Waals surface area contributed by atoms with Gasteiger partial charge in [0, 0.05) is 18.5 Å². The second kappa shape index (κ2) is 9.21. The van der Waals surface area contributed by atoms with E-state index in [2.05, 4.69) is 0 Å². The Labute approximate surface area is 146 Å². The van der Waals surface area contributed by atoms with Crippen LogP contribution in [0.1, 0.15) is 23.2 Å². The van der Waals surface area contributed by atoms with Gasteiger partial charge in [-0.2, -0.15) is 0 Å². The summed E-state index contributed by atoms with van der Waals surface area (Å²) in [6, 6.07) is 17.3. The molecule has 0 aliphatic rings. The van der Waals surface area contributed by atoms with E-state index in [0.29, 0.717) is 5.56 Å². The maximum Gasteiger partial charge on any atom is 0.306 e. The van der Waals surface area contributed by atoms with Crippen molar-refractivity contribution in [2.45, 2.75) is 18.2 Å². The van der Waals surface area contributed by atoms with Gasteiger partial charge >= 0.3 is 5.97 Å². The number of halogens is 1. The van der Waals surface area contributed by atoms with Crippen LogP contribution in [0.2, 0.25) is 0 Å². The van der Waals surface area contributed by atoms with Crippen LogP contribution >= 0.6 is 11.6 Å². The molecule has 0 fully saturated rings. The number of rotatable bonds is 8. The highest BCUT2D eigenvalue weighted by molar-refractivity contribution is 6.21. The predicted octanol–water partition coefficient (Wildman–Crippen LogP) is 3.43. The van der Waals surface area contributed by atoms with Crippen LogP contribution in [0.4, 0.5) is 0 Å². The zero-order valence-corrected chi connectivity index (χ0v) is 14.0. The summed E-state index contributed by atoms with van der Waals surface area (Å²) < 4.78 is 4.95. The molecule has 1 atom stereocenters. The number of ether oxygens (including phenoxy) is 1. The van der Waals surface area contributed by atoms with Gasteiger partial charge in [-0.25, -0.2) is 0 Å². The van der Waals surface area contributed by atoms with Crippen LogP contribution < -0.4 is 5.73 Å². The average molecular weight is 346 g/mol. The molecule has 2 aromatic rings. The lowest BCUT2D eigenvalue weighted by Gasteiger charge is -2.08. The van der Waals surface area contributed by atoms with Crippen molar-refractivity contribution < 1.29 is 14.3 Å². The first-order valence-corrected chi connectivity index (χ1v) is 8.22. The molecule has 2 rings (SSSR count). The summed E-state index contributed by atoms with van der Waals surface area (Å²) >= 11 is 5.76. The van der Waals surface area contributed by atoms with E-state index in [4.69, 9.17) is 22.1 Å². The number of ketones is 1. The van der Waals surface area contributed by atoms with Crippen LogP contribution in [0, 0.1) is 0 Å². The van der Waals surface area contributed by atoms with Gasteiger partial charge in [0.1, 0.15) is 6.61 Å². The molecule has 0 amide bonds. The Morgan fingerprint density at radius 3 is 2.21 bits per heavy atom. The maximum absolute atomic E-state index is 12.1. The molecule has 0 aromatic heterocycles. The van der Waals surface area contributed by atoms with Crippen molar-refractivity contribution in [1.82, 2.24) is 0 Å². The molecule has 0 heterocycles. The third-order valence-electron chi connectivity index (χ3n) is 3.55. The van der Waals surface area contributed by atoms with Gasteiger partial charge in [0.25, 0.3) is 0 Å². The van der Waals surface area contributed by atoms with Crippen molar-refractivity contribution in [2.75, 3.05) is 13.2 Å². The highest BCUT2D eigenvalue weighted by atomic mass is 35.5. The number of hydrogen-bond acceptors (Lipinski definition) is 4. The van der Waals surface area contributed by atoms with E-state index in [1.807, 2.05) is 42.5 Å². The summed E-state index contributed by atoms with van der Waals surface area (Å²) in [6.07, 6.45) is 0.145. The van der Waals surface area contributed by atoms with E-state index in [1.54, 1.807) is 12.1 Å². The van der Waals surface area contributed by atoms with Crippen molar-refractivity contribution >= 4 is 23.4 Å². The molecule has 2 aromatic carbocycles. The molecule has 2 N–H and O–H groups in total. The largest absolute Gasteiger partial charge is 0.464 e. The van der Waals surface area contributed by atoms with Crippen molar-refractivity contribution in [1.29, 1.82) is 0 Å². The first-order chi connectivity index (χ1) is 11.6. The molecule has 0 bridgehead atoms. The standard InChI is InChI=1S/C19H20ClNO3/c20-17(12-21)13-24-19(23)11-10-18(22)16-8-6-15(7-9-16)14-4-2-1-3-5-14/h1-9,17H,10-13,21H2. The first kappa shape index (κ1) is 18.2. The molecule has 5 heteroatoms. The van der Waals surface area contributed by atoms with Gasteiger partial charge in [0.15, 0.2) is 5.78 Å². The predicted molar refractivity (Wildman–Crippen MR) is 95.1 cm³/mol. The third kappa shape index (κ3) is 5.48. The van der Waals surface area contributed by atoms with E-state index in [0.717, 1.165) is 11.1 Å². The fourth-order valence-corrected chi connectivity index (χ4v) is 2.23. The number of esters is 1. The van der Waals surface area contributed by atoms with E-state index in [9.17, 15) is 9.59 Å². The van der Waals surface area contributed by atoms with Crippen molar-refractivity contribution in [3.63, 3.8) is 0 Å². The van der Waals surface area contributed by atoms with E-state index in [1.165, 1.54) is 0 Å². The molecule has 0 saturated heterocycles. The molecule has 0 saturated carbocycles. The summed E-state index contributed by atoms with van der Waals surface area (Å²) in [5.74, 6) is -0.531. The fraction of sp³-hybridized carbons (Fsp3) is 0.263. The third-order valence-corrected chi connectivity index (χ3v) is 3.86. The topological polar surface area (TPSA) is 69.4 Å². The molecular weight excluding hydrogens is 326 g/mol. The number of alkyl halides is 1. The Morgan fingerprint density at radius 1 is 0.958 bits per heavy atom. The monoisotopic (exact) mass is 345 g/mol. The number of hydrogen-bond donors (Lipinski definition) is 1. The minimum atomic E-state index is -0.441. The average Bonchev–Trinajstić information content (AvgIpc) is 2.64. The number of carbonyl (C=O) groups excluding carboxylic acids is 2. The Bertz CT molecular complexity index is 671. The minimum absolute atomic E-state index is 0.0352. The zero-order valence-electron chi connectivity index (χ0n) is 13.3. The Hall–Kier alpha value is -2.17. The smallest absolute Gasteiger partial charge is 0.306 e. The van der Waals surface area contributed by atoms with Crippen LogP contribution in [-0.2, 0) is 9.53 Å². The van der Waals surface area contributed by atoms with Crippen LogP contribution in [0.25, 0.3) is 11.1 Å². The fourth-order valence-electron chi connectivity index (χ4n) is 2.16. The second-order valence-electron chi connectivity index (χ2n) is 5.38. The van der Waals surface area contributed by atoms with Gasteiger partial charge < -0.3 is 10.5 Å². The van der Waals surface area contributed by atoms with Crippen LogP contribution in [0.3, 0.4) is 0 Å². The molecule has 126 valence electrons. The van der Waals surface area contributed by atoms with Gasteiger partial charge in [0.2, 0.25) is 0 Å². The van der Waals surface area contributed by atoms with E-state index < -0.39 is 11.3 Å².